The van der Waals surface area contributed by atoms with Gasteiger partial charge in [-0.1, -0.05) is 12.1 Å². The van der Waals surface area contributed by atoms with Crippen LogP contribution in [0.3, 0.4) is 0 Å². The van der Waals surface area contributed by atoms with Crippen LogP contribution >= 0.6 is 0 Å². The smallest absolute Gasteiger partial charge is 0.271 e. The monoisotopic (exact) mass is 315 g/mol. The van der Waals surface area contributed by atoms with Gasteiger partial charge in [-0.05, 0) is 30.7 Å². The van der Waals surface area contributed by atoms with Gasteiger partial charge in [0, 0.05) is 17.8 Å². The number of non-ortho nitro benzene ring substituents is 1. The van der Waals surface area contributed by atoms with E-state index in [1.807, 2.05) is 25.1 Å². The van der Waals surface area contributed by atoms with Crippen molar-refractivity contribution in [3.05, 3.63) is 58.1 Å². The Bertz CT molecular complexity index is 731. The molecule has 0 aromatic heterocycles. The summed E-state index contributed by atoms with van der Waals surface area (Å²) in [6.45, 7) is 1.90. The number of hydrogen-bond acceptors (Lipinski definition) is 5. The maximum absolute atomic E-state index is 12.0. The van der Waals surface area contributed by atoms with Crippen LogP contribution in [0.1, 0.15) is 5.56 Å². The molecular formula is C16H17N3O4. The zero-order chi connectivity index (χ0) is 16.8. The number of ether oxygens (including phenoxy) is 1. The molecule has 0 aliphatic carbocycles. The molecule has 0 radical (unpaired) electrons. The minimum Gasteiger partial charge on any atom is -0.495 e. The molecule has 7 heteroatoms. The Kier molecular flexibility index (Phi) is 5.14. The lowest BCUT2D eigenvalue weighted by atomic mass is 10.2. The average Bonchev–Trinajstić information content (AvgIpc) is 2.52. The second-order valence-electron chi connectivity index (χ2n) is 4.91. The number of hydrogen-bond donors (Lipinski definition) is 2. The van der Waals surface area contributed by atoms with E-state index in [0.717, 1.165) is 5.56 Å². The molecule has 7 nitrogen and oxygen atoms in total. The number of aryl methyl sites for hydroxylation is 1. The summed E-state index contributed by atoms with van der Waals surface area (Å²) in [4.78, 5) is 22.3. The summed E-state index contributed by atoms with van der Waals surface area (Å²) in [5.74, 6) is 0.170. The van der Waals surface area contributed by atoms with Crippen molar-refractivity contribution in [1.82, 2.24) is 0 Å². The number of carbonyl (C=O) groups is 1. The standard InChI is InChI=1S/C16H17N3O4/c1-11-4-3-5-12(8-11)18-16(20)10-17-14-9-13(19(21)22)6-7-15(14)23-2/h3-9,17H,10H2,1-2H3,(H,18,20). The van der Waals surface area contributed by atoms with Gasteiger partial charge < -0.3 is 15.4 Å². The Labute approximate surface area is 133 Å². The summed E-state index contributed by atoms with van der Waals surface area (Å²) in [7, 11) is 1.46. The van der Waals surface area contributed by atoms with Gasteiger partial charge in [0.25, 0.3) is 5.69 Å². The van der Waals surface area contributed by atoms with Crippen molar-refractivity contribution >= 4 is 23.0 Å². The van der Waals surface area contributed by atoms with Crippen LogP contribution < -0.4 is 15.4 Å². The van der Waals surface area contributed by atoms with Gasteiger partial charge in [-0.2, -0.15) is 0 Å². The molecule has 2 N–H and O–H groups in total. The fraction of sp³-hybridized carbons (Fsp3) is 0.188. The van der Waals surface area contributed by atoms with E-state index in [0.29, 0.717) is 17.1 Å². The molecule has 0 heterocycles. The Morgan fingerprint density at radius 1 is 1.26 bits per heavy atom. The van der Waals surface area contributed by atoms with Crippen molar-refractivity contribution in [2.75, 3.05) is 24.3 Å². The zero-order valence-corrected chi connectivity index (χ0v) is 12.8. The predicted octanol–water partition coefficient (Wildman–Crippen LogP) is 2.96. The number of rotatable bonds is 6. The first-order chi connectivity index (χ1) is 11.0. The van der Waals surface area contributed by atoms with E-state index >= 15 is 0 Å². The van der Waals surface area contributed by atoms with Gasteiger partial charge in [0.05, 0.1) is 24.3 Å². The highest BCUT2D eigenvalue weighted by Gasteiger charge is 2.12. The van der Waals surface area contributed by atoms with Gasteiger partial charge in [0.1, 0.15) is 5.75 Å². The maximum atomic E-state index is 12.0. The highest BCUT2D eigenvalue weighted by molar-refractivity contribution is 5.94. The molecule has 23 heavy (non-hydrogen) atoms. The Morgan fingerprint density at radius 3 is 2.70 bits per heavy atom. The van der Waals surface area contributed by atoms with Crippen molar-refractivity contribution < 1.29 is 14.5 Å². The minimum atomic E-state index is -0.503. The Morgan fingerprint density at radius 2 is 2.04 bits per heavy atom. The third-order valence-electron chi connectivity index (χ3n) is 3.14. The van der Waals surface area contributed by atoms with Gasteiger partial charge in [-0.15, -0.1) is 0 Å². The molecule has 2 aromatic carbocycles. The zero-order valence-electron chi connectivity index (χ0n) is 12.8. The lowest BCUT2D eigenvalue weighted by Gasteiger charge is -2.11. The molecular weight excluding hydrogens is 298 g/mol. The molecule has 120 valence electrons. The molecule has 0 saturated carbocycles. The second-order valence-corrected chi connectivity index (χ2v) is 4.91. The number of nitrogens with one attached hydrogen (secondary N) is 2. The molecule has 0 aliphatic heterocycles. The first-order valence-corrected chi connectivity index (χ1v) is 6.92. The number of nitrogens with zero attached hydrogens (tertiary/aromatic N) is 1. The summed E-state index contributed by atoms with van der Waals surface area (Å²) >= 11 is 0. The maximum Gasteiger partial charge on any atom is 0.271 e. The SMILES string of the molecule is COc1ccc([N+](=O)[O-])cc1NCC(=O)Nc1cccc(C)c1. The van der Waals surface area contributed by atoms with Crippen molar-refractivity contribution in [3.8, 4) is 5.75 Å². The number of carbonyl (C=O) groups excluding carboxylic acids is 1. The van der Waals surface area contributed by atoms with Crippen LogP contribution in [0.5, 0.6) is 5.75 Å². The third kappa shape index (κ3) is 4.44. The summed E-state index contributed by atoms with van der Waals surface area (Å²) in [6, 6.07) is 11.6. The van der Waals surface area contributed by atoms with E-state index in [9.17, 15) is 14.9 Å². The molecule has 0 spiro atoms. The topological polar surface area (TPSA) is 93.5 Å². The molecule has 1 amide bonds. The normalized spacial score (nSPS) is 10.0. The predicted molar refractivity (Wildman–Crippen MR) is 87.9 cm³/mol. The number of amides is 1. The van der Waals surface area contributed by atoms with E-state index in [1.165, 1.54) is 25.3 Å². The molecule has 0 aliphatic rings. The van der Waals surface area contributed by atoms with Gasteiger partial charge in [-0.25, -0.2) is 0 Å². The van der Waals surface area contributed by atoms with Gasteiger partial charge in [-0.3, -0.25) is 14.9 Å². The van der Waals surface area contributed by atoms with E-state index in [4.69, 9.17) is 4.74 Å². The van der Waals surface area contributed by atoms with E-state index in [1.54, 1.807) is 6.07 Å². The van der Waals surface area contributed by atoms with Crippen molar-refractivity contribution in [3.63, 3.8) is 0 Å². The number of methoxy groups -OCH3 is 1. The molecule has 0 unspecified atom stereocenters. The van der Waals surface area contributed by atoms with Crippen LogP contribution in [0.2, 0.25) is 0 Å². The Balaban J connectivity index is 2.03. The van der Waals surface area contributed by atoms with E-state index in [-0.39, 0.29) is 18.1 Å². The number of benzene rings is 2. The highest BCUT2D eigenvalue weighted by Crippen LogP contribution is 2.28. The van der Waals surface area contributed by atoms with Crippen LogP contribution in [0.4, 0.5) is 17.1 Å². The van der Waals surface area contributed by atoms with Crippen molar-refractivity contribution in [2.45, 2.75) is 6.92 Å². The lowest BCUT2D eigenvalue weighted by molar-refractivity contribution is -0.384. The van der Waals surface area contributed by atoms with Crippen LogP contribution in [-0.4, -0.2) is 24.5 Å². The molecule has 0 saturated heterocycles. The Hall–Kier alpha value is -3.09. The van der Waals surface area contributed by atoms with Gasteiger partial charge >= 0.3 is 0 Å². The lowest BCUT2D eigenvalue weighted by Crippen LogP contribution is -2.22. The third-order valence-corrected chi connectivity index (χ3v) is 3.14. The first-order valence-electron chi connectivity index (χ1n) is 6.92. The molecule has 0 bridgehead atoms. The summed E-state index contributed by atoms with van der Waals surface area (Å²) in [6.07, 6.45) is 0. The van der Waals surface area contributed by atoms with Crippen molar-refractivity contribution in [1.29, 1.82) is 0 Å². The molecule has 0 atom stereocenters. The summed E-state index contributed by atoms with van der Waals surface area (Å²) in [5, 5.41) is 16.4. The van der Waals surface area contributed by atoms with Crippen LogP contribution in [-0.2, 0) is 4.79 Å². The van der Waals surface area contributed by atoms with Gasteiger partial charge in [0.15, 0.2) is 0 Å². The van der Waals surface area contributed by atoms with E-state index in [2.05, 4.69) is 10.6 Å². The molecule has 2 rings (SSSR count). The number of anilines is 2. The number of nitro benzene ring substituents is 1. The fourth-order valence-electron chi connectivity index (χ4n) is 2.05. The largest absolute Gasteiger partial charge is 0.495 e. The minimum absolute atomic E-state index is 0.0362. The van der Waals surface area contributed by atoms with Crippen LogP contribution in [0.25, 0.3) is 0 Å². The summed E-state index contributed by atoms with van der Waals surface area (Å²) < 4.78 is 5.13. The quantitative estimate of drug-likeness (QED) is 0.631. The molecule has 0 fully saturated rings. The first kappa shape index (κ1) is 16.3. The van der Waals surface area contributed by atoms with Crippen LogP contribution in [0.15, 0.2) is 42.5 Å². The van der Waals surface area contributed by atoms with E-state index < -0.39 is 4.92 Å². The fourth-order valence-corrected chi connectivity index (χ4v) is 2.05. The molecule has 2 aromatic rings. The second kappa shape index (κ2) is 7.26. The average molecular weight is 315 g/mol. The van der Waals surface area contributed by atoms with Gasteiger partial charge in [0.2, 0.25) is 5.91 Å². The van der Waals surface area contributed by atoms with Crippen LogP contribution in [0, 0.1) is 17.0 Å². The number of nitro groups is 1. The van der Waals surface area contributed by atoms with Crippen molar-refractivity contribution in [2.24, 2.45) is 0 Å². The summed E-state index contributed by atoms with van der Waals surface area (Å²) in [5.41, 5.74) is 2.05. The highest BCUT2D eigenvalue weighted by atomic mass is 16.6.